The zero-order chi connectivity index (χ0) is 17.3. The molecule has 0 atom stereocenters. The van der Waals surface area contributed by atoms with Gasteiger partial charge in [-0.05, 0) is 30.7 Å². The Balaban J connectivity index is 2.20. The van der Waals surface area contributed by atoms with Crippen molar-refractivity contribution in [2.75, 3.05) is 4.72 Å². The first kappa shape index (κ1) is 16.9. The zero-order valence-electron chi connectivity index (χ0n) is 11.4. The van der Waals surface area contributed by atoms with Crippen LogP contribution in [0.4, 0.5) is 23.2 Å². The van der Waals surface area contributed by atoms with Crippen molar-refractivity contribution in [3.8, 4) is 11.8 Å². The van der Waals surface area contributed by atoms with Gasteiger partial charge in [0.1, 0.15) is 5.75 Å². The number of halogens is 4. The van der Waals surface area contributed by atoms with Gasteiger partial charge in [-0.3, -0.25) is 4.72 Å². The Morgan fingerprint density at radius 1 is 1.17 bits per heavy atom. The number of sulfonamides is 1. The Morgan fingerprint density at radius 2 is 1.78 bits per heavy atom. The molecule has 0 aliphatic carbocycles. The van der Waals surface area contributed by atoms with Crippen molar-refractivity contribution in [2.24, 2.45) is 0 Å². The van der Waals surface area contributed by atoms with E-state index in [1.807, 2.05) is 0 Å². The van der Waals surface area contributed by atoms with Crippen molar-refractivity contribution in [3.05, 3.63) is 42.0 Å². The Morgan fingerprint density at radius 3 is 2.30 bits per heavy atom. The van der Waals surface area contributed by atoms with E-state index in [9.17, 15) is 26.0 Å². The van der Waals surface area contributed by atoms with Crippen LogP contribution in [0.3, 0.4) is 0 Å². The highest BCUT2D eigenvalue weighted by molar-refractivity contribution is 7.93. The lowest BCUT2D eigenvalue weighted by Gasteiger charge is -2.13. The van der Waals surface area contributed by atoms with Crippen molar-refractivity contribution in [3.63, 3.8) is 0 Å². The number of ether oxygens (including phenoxy) is 1. The van der Waals surface area contributed by atoms with Gasteiger partial charge in [-0.15, -0.1) is 0 Å². The summed E-state index contributed by atoms with van der Waals surface area (Å²) in [6, 6.07) is 3.42. The molecule has 0 spiro atoms. The molecule has 1 aromatic heterocycles. The Labute approximate surface area is 128 Å². The van der Waals surface area contributed by atoms with Crippen LogP contribution in [-0.2, 0) is 10.0 Å². The Hall–Kier alpha value is -2.43. The topological polar surface area (TPSA) is 81.2 Å². The normalized spacial score (nSPS) is 12.0. The molecule has 2 rings (SSSR count). The standard InChI is InChI=1S/C12H9F4N3O3S/c1-7-4-9(22-11-17-5-8(13)6-18-11)2-3-10(7)19-23(20,21)12(14,15)16/h2-6,19H,1H3. The quantitative estimate of drug-likeness (QED) is 0.857. The van der Waals surface area contributed by atoms with E-state index in [0.29, 0.717) is 0 Å². The van der Waals surface area contributed by atoms with E-state index in [1.165, 1.54) is 23.8 Å². The lowest BCUT2D eigenvalue weighted by molar-refractivity contribution is -0.0429. The molecule has 0 aliphatic rings. The van der Waals surface area contributed by atoms with E-state index in [-0.39, 0.29) is 23.0 Å². The first-order valence-corrected chi connectivity index (χ1v) is 7.42. The van der Waals surface area contributed by atoms with Gasteiger partial charge < -0.3 is 4.74 Å². The summed E-state index contributed by atoms with van der Waals surface area (Å²) in [5.74, 6) is -0.519. The number of nitrogens with zero attached hydrogens (tertiary/aromatic N) is 2. The van der Waals surface area contributed by atoms with Crippen molar-refractivity contribution in [1.82, 2.24) is 9.97 Å². The molecule has 1 aromatic carbocycles. The summed E-state index contributed by atoms with van der Waals surface area (Å²) in [6.45, 7) is 1.38. The number of nitrogens with one attached hydrogen (secondary N) is 1. The summed E-state index contributed by atoms with van der Waals surface area (Å²) in [7, 11) is -5.51. The van der Waals surface area contributed by atoms with Gasteiger partial charge in [-0.25, -0.2) is 14.4 Å². The molecule has 0 amide bonds. The maximum Gasteiger partial charge on any atom is 0.516 e. The maximum absolute atomic E-state index is 12.7. The van der Waals surface area contributed by atoms with Crippen LogP contribution in [-0.4, -0.2) is 23.9 Å². The third-order valence-electron chi connectivity index (χ3n) is 2.55. The van der Waals surface area contributed by atoms with Crippen LogP contribution in [0.25, 0.3) is 0 Å². The predicted octanol–water partition coefficient (Wildman–Crippen LogP) is 2.98. The first-order chi connectivity index (χ1) is 10.6. The second-order valence-electron chi connectivity index (χ2n) is 4.31. The van der Waals surface area contributed by atoms with Crippen LogP contribution in [0.2, 0.25) is 0 Å². The van der Waals surface area contributed by atoms with Crippen molar-refractivity contribution in [1.29, 1.82) is 0 Å². The molecule has 2 aromatic rings. The van der Waals surface area contributed by atoms with E-state index < -0.39 is 21.3 Å². The number of alkyl halides is 3. The minimum atomic E-state index is -5.51. The second-order valence-corrected chi connectivity index (χ2v) is 5.99. The van der Waals surface area contributed by atoms with Crippen molar-refractivity contribution >= 4 is 15.7 Å². The summed E-state index contributed by atoms with van der Waals surface area (Å²) >= 11 is 0. The molecule has 11 heteroatoms. The molecule has 23 heavy (non-hydrogen) atoms. The molecule has 0 saturated heterocycles. The SMILES string of the molecule is Cc1cc(Oc2ncc(F)cn2)ccc1NS(=O)(=O)C(F)(F)F. The van der Waals surface area contributed by atoms with Gasteiger partial charge in [0, 0.05) is 0 Å². The number of aryl methyl sites for hydroxylation is 1. The van der Waals surface area contributed by atoms with Gasteiger partial charge in [0.15, 0.2) is 5.82 Å². The number of hydrogen-bond donors (Lipinski definition) is 1. The van der Waals surface area contributed by atoms with E-state index in [2.05, 4.69) is 9.97 Å². The minimum absolute atomic E-state index is 0.143. The van der Waals surface area contributed by atoms with Gasteiger partial charge >= 0.3 is 21.5 Å². The highest BCUT2D eigenvalue weighted by atomic mass is 32.2. The number of hydrogen-bond acceptors (Lipinski definition) is 5. The molecule has 1 heterocycles. The fraction of sp³-hybridized carbons (Fsp3) is 0.167. The van der Waals surface area contributed by atoms with Crippen LogP contribution < -0.4 is 9.46 Å². The van der Waals surface area contributed by atoms with Crippen molar-refractivity contribution < 1.29 is 30.7 Å². The van der Waals surface area contributed by atoms with E-state index >= 15 is 0 Å². The number of rotatable bonds is 4. The molecule has 0 saturated carbocycles. The fourth-order valence-corrected chi connectivity index (χ4v) is 2.11. The van der Waals surface area contributed by atoms with Gasteiger partial charge in [0.05, 0.1) is 18.1 Å². The van der Waals surface area contributed by atoms with Gasteiger partial charge in [0.2, 0.25) is 0 Å². The van der Waals surface area contributed by atoms with Gasteiger partial charge in [-0.2, -0.15) is 21.6 Å². The Kier molecular flexibility index (Phi) is 4.41. The van der Waals surface area contributed by atoms with Crippen LogP contribution >= 0.6 is 0 Å². The number of anilines is 1. The van der Waals surface area contributed by atoms with Crippen LogP contribution in [0.1, 0.15) is 5.56 Å². The molecule has 6 nitrogen and oxygen atoms in total. The van der Waals surface area contributed by atoms with Crippen LogP contribution in [0.5, 0.6) is 11.8 Å². The zero-order valence-corrected chi connectivity index (χ0v) is 12.2. The molecule has 0 unspecified atom stereocenters. The highest BCUT2D eigenvalue weighted by Crippen LogP contribution is 2.29. The second kappa shape index (κ2) is 5.99. The molecule has 0 fully saturated rings. The monoisotopic (exact) mass is 351 g/mol. The highest BCUT2D eigenvalue weighted by Gasteiger charge is 2.46. The largest absolute Gasteiger partial charge is 0.516 e. The number of aromatic nitrogens is 2. The summed E-state index contributed by atoms with van der Waals surface area (Å²) < 4.78 is 78.4. The summed E-state index contributed by atoms with van der Waals surface area (Å²) in [4.78, 5) is 7.10. The Bertz CT molecular complexity index is 807. The fourth-order valence-electron chi connectivity index (χ4n) is 1.48. The predicted molar refractivity (Wildman–Crippen MR) is 71.8 cm³/mol. The lowest BCUT2D eigenvalue weighted by atomic mass is 10.2. The average molecular weight is 351 g/mol. The van der Waals surface area contributed by atoms with E-state index in [4.69, 9.17) is 4.74 Å². The summed E-state index contributed by atoms with van der Waals surface area (Å²) in [5.41, 5.74) is -5.50. The smallest absolute Gasteiger partial charge is 0.424 e. The van der Waals surface area contributed by atoms with Crippen molar-refractivity contribution in [2.45, 2.75) is 12.4 Å². The third-order valence-corrected chi connectivity index (χ3v) is 3.65. The molecule has 0 bridgehead atoms. The van der Waals surface area contributed by atoms with Crippen LogP contribution in [0, 0.1) is 12.7 Å². The molecule has 0 aliphatic heterocycles. The molecule has 124 valence electrons. The molecule has 0 radical (unpaired) electrons. The molecule has 1 N–H and O–H groups in total. The molecular weight excluding hydrogens is 342 g/mol. The van der Waals surface area contributed by atoms with Crippen LogP contribution in [0.15, 0.2) is 30.6 Å². The van der Waals surface area contributed by atoms with Gasteiger partial charge in [0.25, 0.3) is 0 Å². The molecular formula is C12H9F4N3O3S. The minimum Gasteiger partial charge on any atom is -0.424 e. The number of benzene rings is 1. The van der Waals surface area contributed by atoms with Gasteiger partial charge in [-0.1, -0.05) is 0 Å². The average Bonchev–Trinajstić information content (AvgIpc) is 2.43. The maximum atomic E-state index is 12.7. The van der Waals surface area contributed by atoms with E-state index in [1.54, 1.807) is 0 Å². The lowest BCUT2D eigenvalue weighted by Crippen LogP contribution is -2.30. The van der Waals surface area contributed by atoms with E-state index in [0.717, 1.165) is 18.5 Å². The first-order valence-electron chi connectivity index (χ1n) is 5.93. The summed E-state index contributed by atoms with van der Waals surface area (Å²) in [5, 5.41) is 0. The third kappa shape index (κ3) is 4.06. The summed E-state index contributed by atoms with van der Waals surface area (Å²) in [6.07, 6.45) is 1.75.